The predicted molar refractivity (Wildman–Crippen MR) is 127 cm³/mol. The SMILES string of the molecule is COc1ccc(CCN[C@@H]2CCc3c(c(C(=O)N(C)C)nn3CC3CCCCC3)C2)cc1. The van der Waals surface area contributed by atoms with E-state index in [1.54, 1.807) is 12.0 Å². The van der Waals surface area contributed by atoms with Crippen LogP contribution in [0.2, 0.25) is 0 Å². The number of nitrogens with zero attached hydrogens (tertiary/aromatic N) is 3. The van der Waals surface area contributed by atoms with Crippen LogP contribution in [0.4, 0.5) is 0 Å². The Balaban J connectivity index is 1.42. The zero-order valence-corrected chi connectivity index (χ0v) is 19.9. The summed E-state index contributed by atoms with van der Waals surface area (Å²) >= 11 is 0. The van der Waals surface area contributed by atoms with Crippen molar-refractivity contribution in [2.24, 2.45) is 5.92 Å². The molecule has 0 aliphatic heterocycles. The van der Waals surface area contributed by atoms with E-state index in [9.17, 15) is 4.79 Å². The van der Waals surface area contributed by atoms with Crippen molar-refractivity contribution in [3.8, 4) is 5.75 Å². The van der Waals surface area contributed by atoms with Crippen LogP contribution in [0.15, 0.2) is 24.3 Å². The van der Waals surface area contributed by atoms with Crippen molar-refractivity contribution in [3.05, 3.63) is 46.8 Å². The summed E-state index contributed by atoms with van der Waals surface area (Å²) < 4.78 is 7.43. The maximum absolute atomic E-state index is 12.9. The molecule has 6 nitrogen and oxygen atoms in total. The average molecular weight is 439 g/mol. The molecule has 0 spiro atoms. The van der Waals surface area contributed by atoms with Gasteiger partial charge in [0.2, 0.25) is 0 Å². The number of aromatic nitrogens is 2. The fraction of sp³-hybridized carbons (Fsp3) is 0.615. The number of nitrogens with one attached hydrogen (secondary N) is 1. The molecule has 0 bridgehead atoms. The van der Waals surface area contributed by atoms with Crippen LogP contribution in [0.3, 0.4) is 0 Å². The van der Waals surface area contributed by atoms with Gasteiger partial charge in [0, 0.05) is 37.9 Å². The van der Waals surface area contributed by atoms with Crippen molar-refractivity contribution in [2.75, 3.05) is 27.7 Å². The monoisotopic (exact) mass is 438 g/mol. The van der Waals surface area contributed by atoms with Gasteiger partial charge in [0.15, 0.2) is 5.69 Å². The van der Waals surface area contributed by atoms with Crippen LogP contribution in [0.25, 0.3) is 0 Å². The van der Waals surface area contributed by atoms with Crippen molar-refractivity contribution in [2.45, 2.75) is 70.4 Å². The van der Waals surface area contributed by atoms with Gasteiger partial charge in [-0.1, -0.05) is 31.4 Å². The molecule has 1 saturated carbocycles. The van der Waals surface area contributed by atoms with E-state index in [1.165, 1.54) is 48.9 Å². The van der Waals surface area contributed by atoms with Gasteiger partial charge in [0.05, 0.1) is 7.11 Å². The van der Waals surface area contributed by atoms with E-state index in [-0.39, 0.29) is 5.91 Å². The van der Waals surface area contributed by atoms with Gasteiger partial charge in [-0.05, 0) is 68.7 Å². The minimum Gasteiger partial charge on any atom is -0.497 e. The van der Waals surface area contributed by atoms with Gasteiger partial charge in [0.1, 0.15) is 5.75 Å². The second kappa shape index (κ2) is 10.5. The van der Waals surface area contributed by atoms with E-state index < -0.39 is 0 Å². The molecule has 1 heterocycles. The summed E-state index contributed by atoms with van der Waals surface area (Å²) in [6.45, 7) is 1.90. The Kier molecular flexibility index (Phi) is 7.51. The predicted octanol–water partition coefficient (Wildman–Crippen LogP) is 3.86. The van der Waals surface area contributed by atoms with Crippen LogP contribution in [-0.4, -0.2) is 54.4 Å². The minimum absolute atomic E-state index is 0.0301. The standard InChI is InChI=1S/C26H38N4O2/c1-29(2)26(31)25-23-17-21(27-16-15-19-9-12-22(32-3)13-10-19)11-14-24(23)30(28-25)18-20-7-5-4-6-8-20/h9-10,12-13,20-21,27H,4-8,11,14-18H2,1-3H3/t21-/m1/s1. The average Bonchev–Trinajstić information content (AvgIpc) is 3.17. The van der Waals surface area contributed by atoms with Crippen LogP contribution in [0.1, 0.15) is 65.8 Å². The molecule has 174 valence electrons. The van der Waals surface area contributed by atoms with E-state index in [0.717, 1.165) is 44.5 Å². The maximum atomic E-state index is 12.9. The first kappa shape index (κ1) is 22.8. The van der Waals surface area contributed by atoms with Crippen LogP contribution >= 0.6 is 0 Å². The Bertz CT molecular complexity index is 897. The number of ether oxygens (including phenoxy) is 1. The van der Waals surface area contributed by atoms with Crippen LogP contribution in [-0.2, 0) is 25.8 Å². The summed E-state index contributed by atoms with van der Waals surface area (Å²) in [6.07, 6.45) is 10.6. The highest BCUT2D eigenvalue weighted by Gasteiger charge is 2.30. The molecule has 1 fully saturated rings. The van der Waals surface area contributed by atoms with Gasteiger partial charge < -0.3 is 15.0 Å². The Hall–Kier alpha value is -2.34. The summed E-state index contributed by atoms with van der Waals surface area (Å²) in [7, 11) is 5.34. The smallest absolute Gasteiger partial charge is 0.274 e. The number of hydrogen-bond donors (Lipinski definition) is 1. The maximum Gasteiger partial charge on any atom is 0.274 e. The molecule has 0 unspecified atom stereocenters. The molecule has 0 saturated heterocycles. The number of carbonyl (C=O) groups excluding carboxylic acids is 1. The molecule has 32 heavy (non-hydrogen) atoms. The van der Waals surface area contributed by atoms with Crippen molar-refractivity contribution >= 4 is 5.91 Å². The number of rotatable bonds is 8. The number of benzene rings is 1. The number of hydrogen-bond acceptors (Lipinski definition) is 4. The van der Waals surface area contributed by atoms with Gasteiger partial charge in [-0.3, -0.25) is 9.48 Å². The van der Waals surface area contributed by atoms with Gasteiger partial charge in [0.25, 0.3) is 5.91 Å². The van der Waals surface area contributed by atoms with Gasteiger partial charge in [-0.25, -0.2) is 0 Å². The van der Waals surface area contributed by atoms with E-state index in [1.807, 2.05) is 26.2 Å². The summed E-state index contributed by atoms with van der Waals surface area (Å²) in [5.41, 5.74) is 4.45. The molecule has 2 aliphatic rings. The lowest BCUT2D eigenvalue weighted by Gasteiger charge is -2.26. The van der Waals surface area contributed by atoms with E-state index in [2.05, 4.69) is 22.1 Å². The van der Waals surface area contributed by atoms with Crippen LogP contribution in [0.5, 0.6) is 5.75 Å². The van der Waals surface area contributed by atoms with Gasteiger partial charge in [-0.15, -0.1) is 0 Å². The third kappa shape index (κ3) is 5.34. The first-order valence-corrected chi connectivity index (χ1v) is 12.2. The Morgan fingerprint density at radius 3 is 2.59 bits per heavy atom. The third-order valence-corrected chi connectivity index (χ3v) is 7.12. The molecular formula is C26H38N4O2. The van der Waals surface area contributed by atoms with Crippen molar-refractivity contribution in [1.82, 2.24) is 20.0 Å². The van der Waals surface area contributed by atoms with E-state index >= 15 is 0 Å². The summed E-state index contributed by atoms with van der Waals surface area (Å²) in [5.74, 6) is 1.63. The largest absolute Gasteiger partial charge is 0.497 e. The molecule has 1 aromatic carbocycles. The number of amides is 1. The fourth-order valence-electron chi connectivity index (χ4n) is 5.22. The first-order chi connectivity index (χ1) is 15.5. The molecule has 1 atom stereocenters. The molecule has 1 N–H and O–H groups in total. The van der Waals surface area contributed by atoms with Crippen molar-refractivity contribution in [3.63, 3.8) is 0 Å². The zero-order valence-electron chi connectivity index (χ0n) is 19.9. The molecular weight excluding hydrogens is 400 g/mol. The molecule has 2 aromatic rings. The lowest BCUT2D eigenvalue weighted by Crippen LogP contribution is -2.37. The lowest BCUT2D eigenvalue weighted by atomic mass is 9.88. The Labute approximate surface area is 192 Å². The summed E-state index contributed by atoms with van der Waals surface area (Å²) in [4.78, 5) is 14.6. The Morgan fingerprint density at radius 2 is 1.91 bits per heavy atom. The van der Waals surface area contributed by atoms with Crippen LogP contribution < -0.4 is 10.1 Å². The Morgan fingerprint density at radius 1 is 1.16 bits per heavy atom. The third-order valence-electron chi connectivity index (χ3n) is 7.12. The highest BCUT2D eigenvalue weighted by Crippen LogP contribution is 2.30. The topological polar surface area (TPSA) is 59.4 Å². The second-order valence-corrected chi connectivity index (χ2v) is 9.65. The highest BCUT2D eigenvalue weighted by atomic mass is 16.5. The van der Waals surface area contributed by atoms with E-state index in [4.69, 9.17) is 9.84 Å². The van der Waals surface area contributed by atoms with Crippen molar-refractivity contribution < 1.29 is 9.53 Å². The van der Waals surface area contributed by atoms with Gasteiger partial charge >= 0.3 is 0 Å². The zero-order chi connectivity index (χ0) is 22.5. The van der Waals surface area contributed by atoms with E-state index in [0.29, 0.717) is 17.7 Å². The quantitative estimate of drug-likeness (QED) is 0.680. The number of fused-ring (bicyclic) bond motifs is 1. The first-order valence-electron chi connectivity index (χ1n) is 12.2. The molecule has 1 amide bonds. The number of carbonyl (C=O) groups is 1. The molecule has 2 aliphatic carbocycles. The highest BCUT2D eigenvalue weighted by molar-refractivity contribution is 5.93. The summed E-state index contributed by atoms with van der Waals surface area (Å²) in [5, 5.41) is 8.60. The lowest BCUT2D eigenvalue weighted by molar-refractivity contribution is 0.0819. The van der Waals surface area contributed by atoms with Crippen molar-refractivity contribution in [1.29, 1.82) is 0 Å². The second-order valence-electron chi connectivity index (χ2n) is 9.65. The fourth-order valence-corrected chi connectivity index (χ4v) is 5.22. The molecule has 6 heteroatoms. The van der Waals surface area contributed by atoms with Crippen LogP contribution in [0, 0.1) is 5.92 Å². The molecule has 4 rings (SSSR count). The number of methoxy groups -OCH3 is 1. The normalized spacial score (nSPS) is 18.9. The van der Waals surface area contributed by atoms with Gasteiger partial charge in [-0.2, -0.15) is 5.10 Å². The molecule has 0 radical (unpaired) electrons. The summed E-state index contributed by atoms with van der Waals surface area (Å²) in [6, 6.07) is 8.68. The minimum atomic E-state index is 0.0301. The molecule has 1 aromatic heterocycles.